The molecule has 1 aromatic carbocycles. The second-order valence-corrected chi connectivity index (χ2v) is 8.01. The average molecular weight is 463 g/mol. The number of carboxylic acids is 1. The van der Waals surface area contributed by atoms with Crippen LogP contribution in [0.5, 0.6) is 0 Å². The molecule has 1 aromatic heterocycles. The third-order valence-corrected chi connectivity index (χ3v) is 4.94. The fraction of sp³-hybridized carbons (Fsp3) is 0.409. The van der Waals surface area contributed by atoms with E-state index in [9.17, 15) is 28.4 Å². The van der Waals surface area contributed by atoms with E-state index in [0.717, 1.165) is 11.8 Å². The summed E-state index contributed by atoms with van der Waals surface area (Å²) in [5.41, 5.74) is 0.139. The molecular weight excluding hydrogens is 437 g/mol. The van der Waals surface area contributed by atoms with E-state index >= 15 is 0 Å². The van der Waals surface area contributed by atoms with Gasteiger partial charge in [-0.1, -0.05) is 13.8 Å². The summed E-state index contributed by atoms with van der Waals surface area (Å²) in [6, 6.07) is 3.17. The number of amides is 2. The normalized spacial score (nSPS) is 12.8. The number of alkyl halides is 1. The second-order valence-electron chi connectivity index (χ2n) is 8.01. The predicted molar refractivity (Wildman–Crippen MR) is 118 cm³/mol. The Hall–Kier alpha value is -3.76. The highest BCUT2D eigenvalue weighted by molar-refractivity contribution is 6.07. The summed E-state index contributed by atoms with van der Waals surface area (Å²) in [6.07, 6.45) is -0.800. The van der Waals surface area contributed by atoms with Crippen LogP contribution >= 0.6 is 0 Å². The molecule has 0 bridgehead atoms. The van der Waals surface area contributed by atoms with E-state index < -0.39 is 60.3 Å². The van der Waals surface area contributed by atoms with Crippen LogP contribution in [-0.4, -0.2) is 61.5 Å². The number of carbonyl (C=O) groups excluding carboxylic acids is 3. The Morgan fingerprint density at radius 2 is 1.79 bits per heavy atom. The number of aliphatic carboxylic acids is 1. The summed E-state index contributed by atoms with van der Waals surface area (Å²) in [5.74, 6) is -4.57. The zero-order valence-electron chi connectivity index (χ0n) is 18.7. The fourth-order valence-corrected chi connectivity index (χ4v) is 3.15. The van der Waals surface area contributed by atoms with Crippen molar-refractivity contribution in [1.29, 1.82) is 0 Å². The lowest BCUT2D eigenvalue weighted by atomic mass is 10.0. The molecule has 33 heavy (non-hydrogen) atoms. The summed E-state index contributed by atoms with van der Waals surface area (Å²) in [5, 5.41) is 14.0. The van der Waals surface area contributed by atoms with Gasteiger partial charge in [0.25, 0.3) is 5.91 Å². The topological polar surface area (TPSA) is 146 Å². The van der Waals surface area contributed by atoms with Crippen molar-refractivity contribution in [3.8, 4) is 0 Å². The van der Waals surface area contributed by atoms with Gasteiger partial charge in [-0.3, -0.25) is 19.2 Å². The Bertz CT molecular complexity index is 1130. The number of ketones is 1. The van der Waals surface area contributed by atoms with E-state index in [0.29, 0.717) is 5.39 Å². The standard InChI is InChI=1S/C22H26FN3O7/c1-11(2)20(22(32)24-15(9-18(28)29)16(27)10-23)25-21(31)14-8-19(30)33-17-7-12(26(3)4)5-6-13(14)17/h5-8,11,15,20H,9-10H2,1-4H3,(H,24,32)(H,25,31)(H,28,29)/t15?,20-/m0/s1. The third kappa shape index (κ3) is 6.37. The summed E-state index contributed by atoms with van der Waals surface area (Å²) < 4.78 is 18.0. The molecule has 2 amide bonds. The van der Waals surface area contributed by atoms with Crippen molar-refractivity contribution >= 4 is 40.2 Å². The Balaban J connectivity index is 2.34. The van der Waals surface area contributed by atoms with Crippen molar-refractivity contribution in [1.82, 2.24) is 10.6 Å². The lowest BCUT2D eigenvalue weighted by molar-refractivity contribution is -0.140. The minimum Gasteiger partial charge on any atom is -0.481 e. The molecule has 0 saturated carbocycles. The minimum absolute atomic E-state index is 0.0214. The SMILES string of the molecule is CC(C)[C@H](NC(=O)c1cc(=O)oc2cc(N(C)C)ccc12)C(=O)NC(CC(=O)O)C(=O)CF. The average Bonchev–Trinajstić information content (AvgIpc) is 2.74. The van der Waals surface area contributed by atoms with Gasteiger partial charge >= 0.3 is 11.6 Å². The second kappa shape index (κ2) is 10.7. The highest BCUT2D eigenvalue weighted by Gasteiger charge is 2.30. The molecule has 1 heterocycles. The number of Topliss-reactive ketones (excluding diaryl/α,β-unsaturated/α-hetero) is 1. The number of carbonyl (C=O) groups is 4. The van der Waals surface area contributed by atoms with Crippen LogP contribution in [0.2, 0.25) is 0 Å². The maximum atomic E-state index is 13.0. The molecule has 0 spiro atoms. The van der Waals surface area contributed by atoms with E-state index in [-0.39, 0.29) is 11.1 Å². The Kier molecular flexibility index (Phi) is 8.27. The number of hydrogen-bond donors (Lipinski definition) is 3. The van der Waals surface area contributed by atoms with Crippen LogP contribution in [0, 0.1) is 5.92 Å². The van der Waals surface area contributed by atoms with E-state index in [1.165, 1.54) is 0 Å². The molecule has 2 aromatic rings. The number of hydrogen-bond acceptors (Lipinski definition) is 7. The van der Waals surface area contributed by atoms with Crippen LogP contribution in [0.15, 0.2) is 33.5 Å². The maximum absolute atomic E-state index is 13.0. The van der Waals surface area contributed by atoms with Crippen molar-refractivity contribution in [2.45, 2.75) is 32.4 Å². The van der Waals surface area contributed by atoms with E-state index in [2.05, 4.69) is 10.6 Å². The summed E-state index contributed by atoms with van der Waals surface area (Å²) >= 11 is 0. The van der Waals surface area contributed by atoms with Crippen LogP contribution in [0.3, 0.4) is 0 Å². The molecule has 3 N–H and O–H groups in total. The van der Waals surface area contributed by atoms with Gasteiger partial charge in [0.2, 0.25) is 5.91 Å². The molecular formula is C22H26FN3O7. The van der Waals surface area contributed by atoms with Gasteiger partial charge in [-0.25, -0.2) is 9.18 Å². The molecule has 10 nitrogen and oxygen atoms in total. The van der Waals surface area contributed by atoms with Gasteiger partial charge in [0, 0.05) is 37.3 Å². The summed E-state index contributed by atoms with van der Waals surface area (Å²) in [6.45, 7) is 1.79. The molecule has 2 rings (SSSR count). The number of benzene rings is 1. The number of halogens is 1. The molecule has 11 heteroatoms. The molecule has 0 aliphatic rings. The Morgan fingerprint density at radius 3 is 2.33 bits per heavy atom. The van der Waals surface area contributed by atoms with Gasteiger partial charge in [-0.05, 0) is 18.1 Å². The number of fused-ring (bicyclic) bond motifs is 1. The minimum atomic E-state index is -1.58. The molecule has 0 fully saturated rings. The van der Waals surface area contributed by atoms with Crippen LogP contribution < -0.4 is 21.2 Å². The van der Waals surface area contributed by atoms with Crippen molar-refractivity contribution < 1.29 is 33.1 Å². The lowest BCUT2D eigenvalue weighted by Crippen LogP contribution is -2.54. The Labute approximate surface area is 188 Å². The first kappa shape index (κ1) is 25.5. The van der Waals surface area contributed by atoms with E-state index in [4.69, 9.17) is 9.52 Å². The van der Waals surface area contributed by atoms with Crippen LogP contribution in [-0.2, 0) is 14.4 Å². The summed E-state index contributed by atoms with van der Waals surface area (Å²) in [4.78, 5) is 62.2. The van der Waals surface area contributed by atoms with E-state index in [1.54, 1.807) is 51.0 Å². The zero-order valence-corrected chi connectivity index (χ0v) is 18.7. The molecule has 0 radical (unpaired) electrons. The van der Waals surface area contributed by atoms with Crippen LogP contribution in [0.4, 0.5) is 10.1 Å². The maximum Gasteiger partial charge on any atom is 0.337 e. The molecule has 0 aliphatic heterocycles. The fourth-order valence-electron chi connectivity index (χ4n) is 3.15. The zero-order chi connectivity index (χ0) is 24.9. The lowest BCUT2D eigenvalue weighted by Gasteiger charge is -2.24. The van der Waals surface area contributed by atoms with Crippen molar-refractivity contribution in [3.63, 3.8) is 0 Å². The Morgan fingerprint density at radius 1 is 1.12 bits per heavy atom. The first-order valence-electron chi connectivity index (χ1n) is 10.1. The van der Waals surface area contributed by atoms with Crippen molar-refractivity contribution in [2.24, 2.45) is 5.92 Å². The van der Waals surface area contributed by atoms with Crippen molar-refractivity contribution in [3.05, 3.63) is 40.2 Å². The third-order valence-electron chi connectivity index (χ3n) is 4.94. The largest absolute Gasteiger partial charge is 0.481 e. The van der Waals surface area contributed by atoms with Crippen molar-refractivity contribution in [2.75, 3.05) is 25.7 Å². The number of anilines is 1. The van der Waals surface area contributed by atoms with Gasteiger partial charge in [-0.2, -0.15) is 0 Å². The predicted octanol–water partition coefficient (Wildman–Crippen LogP) is 1.11. The smallest absolute Gasteiger partial charge is 0.337 e. The highest BCUT2D eigenvalue weighted by Crippen LogP contribution is 2.23. The first-order valence-corrected chi connectivity index (χ1v) is 10.1. The number of nitrogens with zero attached hydrogens (tertiary/aromatic N) is 1. The monoisotopic (exact) mass is 463 g/mol. The highest BCUT2D eigenvalue weighted by atomic mass is 19.1. The number of carboxylic acid groups (broad SMARTS) is 1. The quantitative estimate of drug-likeness (QED) is 0.444. The molecule has 178 valence electrons. The van der Waals surface area contributed by atoms with Gasteiger partial charge in [0.05, 0.1) is 12.0 Å². The van der Waals surface area contributed by atoms with Gasteiger partial charge in [-0.15, -0.1) is 0 Å². The number of rotatable bonds is 10. The van der Waals surface area contributed by atoms with E-state index in [1.807, 2.05) is 0 Å². The van der Waals surface area contributed by atoms with Crippen LogP contribution in [0.1, 0.15) is 30.6 Å². The first-order chi connectivity index (χ1) is 15.4. The molecule has 0 saturated heterocycles. The molecule has 2 atom stereocenters. The number of nitrogens with one attached hydrogen (secondary N) is 2. The molecule has 0 aliphatic carbocycles. The van der Waals surface area contributed by atoms with Gasteiger partial charge in [0.15, 0.2) is 5.78 Å². The van der Waals surface area contributed by atoms with Gasteiger partial charge < -0.3 is 25.1 Å². The van der Waals surface area contributed by atoms with Gasteiger partial charge in [0.1, 0.15) is 24.3 Å². The van der Waals surface area contributed by atoms with Crippen LogP contribution in [0.25, 0.3) is 11.0 Å². The summed E-state index contributed by atoms with van der Waals surface area (Å²) in [7, 11) is 3.60. The molecule has 1 unspecified atom stereocenters.